The Bertz CT molecular complexity index is 711. The number of halogens is 1. The quantitative estimate of drug-likeness (QED) is 0.762. The van der Waals surface area contributed by atoms with Gasteiger partial charge in [-0.2, -0.15) is 0 Å². The minimum absolute atomic E-state index is 0.193. The smallest absolute Gasteiger partial charge is 0.196 e. The maximum atomic E-state index is 5.61. The van der Waals surface area contributed by atoms with Crippen LogP contribution in [0.5, 0.6) is 0 Å². The molecule has 1 aromatic carbocycles. The summed E-state index contributed by atoms with van der Waals surface area (Å²) in [7, 11) is 0. The lowest BCUT2D eigenvalue weighted by molar-refractivity contribution is 0.585. The third-order valence-electron chi connectivity index (χ3n) is 3.20. The summed E-state index contributed by atoms with van der Waals surface area (Å²) < 4.78 is 6.27. The number of anilines is 1. The number of hydrogen-bond donors (Lipinski definition) is 1. The standard InChI is InChI=1S/C15H14BrN3O/c1-2-11(10-6-4-3-5-7-10)19-15-14-12(17-9-18-15)8-13(16)20-14/h3-9,11H,2H2,1H3,(H,17,18,19)/t11-/m1/s1. The Hall–Kier alpha value is -1.88. The predicted octanol–water partition coefficient (Wildman–Crippen LogP) is 4.55. The average molecular weight is 332 g/mol. The van der Waals surface area contributed by atoms with Gasteiger partial charge in [-0.1, -0.05) is 37.3 Å². The summed E-state index contributed by atoms with van der Waals surface area (Å²) in [5, 5.41) is 3.44. The van der Waals surface area contributed by atoms with Crippen LogP contribution in [0.15, 0.2) is 51.8 Å². The van der Waals surface area contributed by atoms with E-state index in [0.29, 0.717) is 10.3 Å². The number of nitrogens with zero attached hydrogens (tertiary/aromatic N) is 2. The van der Waals surface area contributed by atoms with Crippen LogP contribution in [0.4, 0.5) is 5.82 Å². The molecule has 0 unspecified atom stereocenters. The van der Waals surface area contributed by atoms with E-state index in [0.717, 1.165) is 17.8 Å². The highest BCUT2D eigenvalue weighted by atomic mass is 79.9. The van der Waals surface area contributed by atoms with Crippen LogP contribution in [-0.2, 0) is 0 Å². The number of nitrogens with one attached hydrogen (secondary N) is 1. The Kier molecular flexibility index (Phi) is 3.69. The molecule has 0 aliphatic rings. The van der Waals surface area contributed by atoms with Crippen molar-refractivity contribution >= 4 is 32.8 Å². The first-order valence-corrected chi connectivity index (χ1v) is 7.28. The first kappa shape index (κ1) is 13.1. The zero-order valence-corrected chi connectivity index (χ0v) is 12.6. The largest absolute Gasteiger partial charge is 0.444 e. The minimum Gasteiger partial charge on any atom is -0.444 e. The molecule has 2 aromatic heterocycles. The fraction of sp³-hybridized carbons (Fsp3) is 0.200. The summed E-state index contributed by atoms with van der Waals surface area (Å²) in [5.41, 5.74) is 2.69. The van der Waals surface area contributed by atoms with E-state index in [1.165, 1.54) is 5.56 Å². The average Bonchev–Trinajstić information content (AvgIpc) is 2.86. The van der Waals surface area contributed by atoms with E-state index in [1.807, 2.05) is 24.3 Å². The summed E-state index contributed by atoms with van der Waals surface area (Å²) in [6.45, 7) is 2.14. The van der Waals surface area contributed by atoms with Gasteiger partial charge in [-0.15, -0.1) is 0 Å². The molecule has 0 radical (unpaired) electrons. The van der Waals surface area contributed by atoms with Crippen LogP contribution in [0.1, 0.15) is 24.9 Å². The minimum atomic E-state index is 0.193. The van der Waals surface area contributed by atoms with Crippen molar-refractivity contribution in [2.24, 2.45) is 0 Å². The highest BCUT2D eigenvalue weighted by Gasteiger charge is 2.14. The lowest BCUT2D eigenvalue weighted by atomic mass is 10.0. The van der Waals surface area contributed by atoms with Gasteiger partial charge >= 0.3 is 0 Å². The van der Waals surface area contributed by atoms with Crippen molar-refractivity contribution in [1.29, 1.82) is 0 Å². The van der Waals surface area contributed by atoms with Crippen molar-refractivity contribution in [3.63, 3.8) is 0 Å². The van der Waals surface area contributed by atoms with Crippen LogP contribution in [0.25, 0.3) is 11.1 Å². The molecule has 0 bridgehead atoms. The topological polar surface area (TPSA) is 51.0 Å². The first-order chi connectivity index (χ1) is 9.78. The van der Waals surface area contributed by atoms with E-state index < -0.39 is 0 Å². The molecule has 20 heavy (non-hydrogen) atoms. The van der Waals surface area contributed by atoms with Crippen LogP contribution in [0.2, 0.25) is 0 Å². The summed E-state index contributed by atoms with van der Waals surface area (Å²) in [4.78, 5) is 8.49. The third-order valence-corrected chi connectivity index (χ3v) is 3.59. The molecular formula is C15H14BrN3O. The van der Waals surface area contributed by atoms with Gasteiger partial charge in [-0.05, 0) is 27.9 Å². The van der Waals surface area contributed by atoms with Crippen LogP contribution in [0.3, 0.4) is 0 Å². The van der Waals surface area contributed by atoms with Crippen molar-refractivity contribution in [1.82, 2.24) is 9.97 Å². The summed E-state index contributed by atoms with van der Waals surface area (Å²) in [5.74, 6) is 0.719. The summed E-state index contributed by atoms with van der Waals surface area (Å²) in [6, 6.07) is 12.3. The Morgan fingerprint density at radius 3 is 2.80 bits per heavy atom. The summed E-state index contributed by atoms with van der Waals surface area (Å²) >= 11 is 3.32. The molecule has 0 amide bonds. The zero-order valence-electron chi connectivity index (χ0n) is 11.0. The number of hydrogen-bond acceptors (Lipinski definition) is 4. The van der Waals surface area contributed by atoms with Gasteiger partial charge in [0.15, 0.2) is 16.1 Å². The molecule has 102 valence electrons. The highest BCUT2D eigenvalue weighted by molar-refractivity contribution is 9.10. The fourth-order valence-corrected chi connectivity index (χ4v) is 2.58. The SMILES string of the molecule is CC[C@@H](Nc1ncnc2cc(Br)oc12)c1ccccc1. The molecule has 0 saturated heterocycles. The Labute approximate surface area is 125 Å². The van der Waals surface area contributed by atoms with Gasteiger partial charge in [0.1, 0.15) is 11.8 Å². The van der Waals surface area contributed by atoms with E-state index in [9.17, 15) is 0 Å². The van der Waals surface area contributed by atoms with Gasteiger partial charge in [-0.3, -0.25) is 0 Å². The summed E-state index contributed by atoms with van der Waals surface area (Å²) in [6.07, 6.45) is 2.50. The van der Waals surface area contributed by atoms with E-state index >= 15 is 0 Å². The van der Waals surface area contributed by atoms with E-state index in [1.54, 1.807) is 6.33 Å². The molecule has 0 saturated carbocycles. The Morgan fingerprint density at radius 2 is 2.05 bits per heavy atom. The molecule has 4 nitrogen and oxygen atoms in total. The molecule has 5 heteroatoms. The molecule has 0 aliphatic carbocycles. The lowest BCUT2D eigenvalue weighted by Gasteiger charge is -2.17. The van der Waals surface area contributed by atoms with Crippen LogP contribution in [0, 0.1) is 0 Å². The number of benzene rings is 1. The normalized spacial score (nSPS) is 12.5. The van der Waals surface area contributed by atoms with Gasteiger partial charge in [0.2, 0.25) is 0 Å². The third kappa shape index (κ3) is 2.54. The number of fused-ring (bicyclic) bond motifs is 1. The van der Waals surface area contributed by atoms with Crippen molar-refractivity contribution in [3.05, 3.63) is 53.0 Å². The molecule has 2 heterocycles. The molecule has 1 atom stereocenters. The van der Waals surface area contributed by atoms with Gasteiger partial charge in [0.05, 0.1) is 6.04 Å². The van der Waals surface area contributed by atoms with Crippen molar-refractivity contribution < 1.29 is 4.42 Å². The molecule has 0 aliphatic heterocycles. The number of rotatable bonds is 4. The molecule has 0 fully saturated rings. The second kappa shape index (κ2) is 5.63. The van der Waals surface area contributed by atoms with Crippen LogP contribution >= 0.6 is 15.9 Å². The molecule has 1 N–H and O–H groups in total. The number of aromatic nitrogens is 2. The van der Waals surface area contributed by atoms with Crippen LogP contribution in [-0.4, -0.2) is 9.97 Å². The Balaban J connectivity index is 1.95. The van der Waals surface area contributed by atoms with Crippen molar-refractivity contribution in [2.45, 2.75) is 19.4 Å². The van der Waals surface area contributed by atoms with Crippen molar-refractivity contribution in [3.8, 4) is 0 Å². The van der Waals surface area contributed by atoms with E-state index in [2.05, 4.69) is 50.3 Å². The number of furan rings is 1. The molecule has 3 rings (SSSR count). The van der Waals surface area contributed by atoms with Gasteiger partial charge in [0.25, 0.3) is 0 Å². The van der Waals surface area contributed by atoms with Gasteiger partial charge in [-0.25, -0.2) is 9.97 Å². The first-order valence-electron chi connectivity index (χ1n) is 6.49. The second-order valence-corrected chi connectivity index (χ2v) is 5.28. The maximum absolute atomic E-state index is 5.61. The van der Waals surface area contributed by atoms with Crippen molar-refractivity contribution in [2.75, 3.05) is 5.32 Å². The second-order valence-electron chi connectivity index (χ2n) is 4.50. The van der Waals surface area contributed by atoms with Gasteiger partial charge in [0, 0.05) is 6.07 Å². The lowest BCUT2D eigenvalue weighted by Crippen LogP contribution is -2.10. The highest BCUT2D eigenvalue weighted by Crippen LogP contribution is 2.29. The Morgan fingerprint density at radius 1 is 1.25 bits per heavy atom. The molecular weight excluding hydrogens is 318 g/mol. The van der Waals surface area contributed by atoms with Gasteiger partial charge < -0.3 is 9.73 Å². The molecule has 0 spiro atoms. The van der Waals surface area contributed by atoms with E-state index in [-0.39, 0.29) is 6.04 Å². The maximum Gasteiger partial charge on any atom is 0.196 e. The predicted molar refractivity (Wildman–Crippen MR) is 82.6 cm³/mol. The zero-order chi connectivity index (χ0) is 13.9. The fourth-order valence-electron chi connectivity index (χ4n) is 2.20. The van der Waals surface area contributed by atoms with E-state index in [4.69, 9.17) is 4.42 Å². The monoisotopic (exact) mass is 331 g/mol. The van der Waals surface area contributed by atoms with Crippen LogP contribution < -0.4 is 5.32 Å². The molecule has 3 aromatic rings.